The SMILES string of the molecule is Cc1ccc(C[C@H](NC(=O)c2ccc(F)cc2)C(N)=O)cc1C. The van der Waals surface area contributed by atoms with Gasteiger partial charge in [0.2, 0.25) is 5.91 Å². The molecule has 2 amide bonds. The van der Waals surface area contributed by atoms with E-state index in [4.69, 9.17) is 5.73 Å². The predicted octanol–water partition coefficient (Wildman–Crippen LogP) is 2.27. The highest BCUT2D eigenvalue weighted by Crippen LogP contribution is 2.12. The van der Waals surface area contributed by atoms with Crippen LogP contribution in [-0.2, 0) is 11.2 Å². The lowest BCUT2D eigenvalue weighted by Crippen LogP contribution is -2.45. The van der Waals surface area contributed by atoms with E-state index in [2.05, 4.69) is 5.32 Å². The van der Waals surface area contributed by atoms with Crippen LogP contribution in [0.15, 0.2) is 42.5 Å². The van der Waals surface area contributed by atoms with Gasteiger partial charge < -0.3 is 11.1 Å². The third kappa shape index (κ3) is 4.39. The van der Waals surface area contributed by atoms with E-state index in [0.29, 0.717) is 6.42 Å². The molecule has 2 aromatic carbocycles. The molecule has 0 saturated carbocycles. The Hall–Kier alpha value is -2.69. The summed E-state index contributed by atoms with van der Waals surface area (Å²) in [5, 5.41) is 2.60. The molecule has 120 valence electrons. The monoisotopic (exact) mass is 314 g/mol. The van der Waals surface area contributed by atoms with E-state index in [9.17, 15) is 14.0 Å². The Bertz CT molecular complexity index is 726. The lowest BCUT2D eigenvalue weighted by atomic mass is 10.0. The number of halogens is 1. The van der Waals surface area contributed by atoms with Gasteiger partial charge in [0.05, 0.1) is 0 Å². The molecular formula is C18H19FN2O2. The number of nitrogens with one attached hydrogen (secondary N) is 1. The maximum Gasteiger partial charge on any atom is 0.251 e. The van der Waals surface area contributed by atoms with E-state index >= 15 is 0 Å². The van der Waals surface area contributed by atoms with E-state index in [-0.39, 0.29) is 5.56 Å². The van der Waals surface area contributed by atoms with Gasteiger partial charge in [0.25, 0.3) is 5.91 Å². The van der Waals surface area contributed by atoms with Crippen molar-refractivity contribution in [1.82, 2.24) is 5.32 Å². The highest BCUT2D eigenvalue weighted by Gasteiger charge is 2.19. The number of aryl methyl sites for hydroxylation is 2. The largest absolute Gasteiger partial charge is 0.368 e. The lowest BCUT2D eigenvalue weighted by molar-refractivity contribution is -0.119. The smallest absolute Gasteiger partial charge is 0.251 e. The first kappa shape index (κ1) is 16.7. The molecule has 1 atom stereocenters. The van der Waals surface area contributed by atoms with E-state index < -0.39 is 23.7 Å². The van der Waals surface area contributed by atoms with Crippen LogP contribution in [-0.4, -0.2) is 17.9 Å². The normalized spacial score (nSPS) is 11.8. The van der Waals surface area contributed by atoms with Gasteiger partial charge in [-0.15, -0.1) is 0 Å². The molecule has 5 heteroatoms. The Labute approximate surface area is 134 Å². The standard InChI is InChI=1S/C18H19FN2O2/c1-11-3-4-13(9-12(11)2)10-16(17(20)22)21-18(23)14-5-7-15(19)8-6-14/h3-9,16H,10H2,1-2H3,(H2,20,22)(H,21,23)/t16-/m0/s1. The lowest BCUT2D eigenvalue weighted by Gasteiger charge is -2.16. The molecule has 0 spiro atoms. The molecule has 0 aliphatic heterocycles. The van der Waals surface area contributed by atoms with E-state index in [1.165, 1.54) is 24.3 Å². The molecule has 2 rings (SSSR count). The number of primary amides is 1. The van der Waals surface area contributed by atoms with Gasteiger partial charge >= 0.3 is 0 Å². The van der Waals surface area contributed by atoms with Gasteiger partial charge in [-0.2, -0.15) is 0 Å². The second kappa shape index (κ2) is 7.05. The fourth-order valence-electron chi connectivity index (χ4n) is 2.23. The number of hydrogen-bond donors (Lipinski definition) is 2. The van der Waals surface area contributed by atoms with Crippen molar-refractivity contribution < 1.29 is 14.0 Å². The van der Waals surface area contributed by atoms with Crippen molar-refractivity contribution >= 4 is 11.8 Å². The van der Waals surface area contributed by atoms with Gasteiger partial charge in [-0.05, 0) is 54.8 Å². The summed E-state index contributed by atoms with van der Waals surface area (Å²) in [6.45, 7) is 3.98. The molecular weight excluding hydrogens is 295 g/mol. The van der Waals surface area contributed by atoms with Crippen molar-refractivity contribution in [1.29, 1.82) is 0 Å². The summed E-state index contributed by atoms with van der Waals surface area (Å²) in [5.41, 5.74) is 8.84. The van der Waals surface area contributed by atoms with Crippen LogP contribution in [0.5, 0.6) is 0 Å². The molecule has 0 saturated heterocycles. The third-order valence-corrected chi connectivity index (χ3v) is 3.77. The van der Waals surface area contributed by atoms with Crippen LogP contribution >= 0.6 is 0 Å². The molecule has 0 heterocycles. The number of amides is 2. The second-order valence-corrected chi connectivity index (χ2v) is 5.56. The van der Waals surface area contributed by atoms with Gasteiger partial charge in [0.15, 0.2) is 0 Å². The fourth-order valence-corrected chi connectivity index (χ4v) is 2.23. The topological polar surface area (TPSA) is 72.2 Å². The molecule has 0 unspecified atom stereocenters. The summed E-state index contributed by atoms with van der Waals surface area (Å²) < 4.78 is 12.9. The maximum atomic E-state index is 12.9. The maximum absolute atomic E-state index is 12.9. The van der Waals surface area contributed by atoms with Crippen LogP contribution < -0.4 is 11.1 Å². The molecule has 0 aliphatic carbocycles. The highest BCUT2D eigenvalue weighted by atomic mass is 19.1. The van der Waals surface area contributed by atoms with Crippen molar-refractivity contribution in [3.63, 3.8) is 0 Å². The van der Waals surface area contributed by atoms with Gasteiger partial charge in [-0.3, -0.25) is 9.59 Å². The number of benzene rings is 2. The Balaban J connectivity index is 2.12. The second-order valence-electron chi connectivity index (χ2n) is 5.56. The molecule has 0 aliphatic rings. The van der Waals surface area contributed by atoms with Crippen molar-refractivity contribution in [3.05, 3.63) is 70.5 Å². The number of nitrogens with two attached hydrogens (primary N) is 1. The number of rotatable bonds is 5. The van der Waals surface area contributed by atoms with Gasteiger partial charge in [-0.1, -0.05) is 18.2 Å². The fraction of sp³-hybridized carbons (Fsp3) is 0.222. The van der Waals surface area contributed by atoms with Gasteiger partial charge in [0, 0.05) is 12.0 Å². The van der Waals surface area contributed by atoms with Crippen molar-refractivity contribution in [2.45, 2.75) is 26.3 Å². The van der Waals surface area contributed by atoms with E-state index in [1.54, 1.807) is 0 Å². The van der Waals surface area contributed by atoms with E-state index in [0.717, 1.165) is 16.7 Å². The van der Waals surface area contributed by atoms with Crippen LogP contribution in [0.25, 0.3) is 0 Å². The van der Waals surface area contributed by atoms with Crippen LogP contribution in [0.3, 0.4) is 0 Å². The summed E-state index contributed by atoms with van der Waals surface area (Å²) in [7, 11) is 0. The number of carbonyl (C=O) groups is 2. The predicted molar refractivity (Wildman–Crippen MR) is 86.5 cm³/mol. The Morgan fingerprint density at radius 3 is 2.30 bits per heavy atom. The van der Waals surface area contributed by atoms with Crippen LogP contribution in [0, 0.1) is 19.7 Å². The minimum absolute atomic E-state index is 0.276. The quantitative estimate of drug-likeness (QED) is 0.888. The van der Waals surface area contributed by atoms with Crippen molar-refractivity contribution in [2.75, 3.05) is 0 Å². The first-order chi connectivity index (χ1) is 10.9. The summed E-state index contributed by atoms with van der Waals surface area (Å²) in [6.07, 6.45) is 0.309. The first-order valence-electron chi connectivity index (χ1n) is 7.28. The molecule has 4 nitrogen and oxygen atoms in total. The zero-order valence-electron chi connectivity index (χ0n) is 13.1. The summed E-state index contributed by atoms with van der Waals surface area (Å²) in [5.74, 6) is -1.50. The van der Waals surface area contributed by atoms with Crippen molar-refractivity contribution in [3.8, 4) is 0 Å². The average Bonchev–Trinajstić information content (AvgIpc) is 2.50. The minimum atomic E-state index is -0.824. The molecule has 0 bridgehead atoms. The molecule has 2 aromatic rings. The van der Waals surface area contributed by atoms with Crippen LogP contribution in [0.1, 0.15) is 27.0 Å². The van der Waals surface area contributed by atoms with Crippen LogP contribution in [0.2, 0.25) is 0 Å². The van der Waals surface area contributed by atoms with E-state index in [1.807, 2.05) is 32.0 Å². The molecule has 23 heavy (non-hydrogen) atoms. The third-order valence-electron chi connectivity index (χ3n) is 3.77. The highest BCUT2D eigenvalue weighted by molar-refractivity contribution is 5.97. The zero-order chi connectivity index (χ0) is 17.0. The Morgan fingerprint density at radius 1 is 1.09 bits per heavy atom. The summed E-state index contributed by atoms with van der Waals surface area (Å²) in [6, 6.07) is 10.1. The summed E-state index contributed by atoms with van der Waals surface area (Å²) >= 11 is 0. The Morgan fingerprint density at radius 2 is 1.74 bits per heavy atom. The Kier molecular flexibility index (Phi) is 5.11. The van der Waals surface area contributed by atoms with Gasteiger partial charge in [0.1, 0.15) is 11.9 Å². The molecule has 0 aromatic heterocycles. The van der Waals surface area contributed by atoms with Crippen LogP contribution in [0.4, 0.5) is 4.39 Å². The number of carbonyl (C=O) groups excluding carboxylic acids is 2. The van der Waals surface area contributed by atoms with Crippen molar-refractivity contribution in [2.24, 2.45) is 5.73 Å². The average molecular weight is 314 g/mol. The molecule has 0 radical (unpaired) electrons. The molecule has 3 N–H and O–H groups in total. The van der Waals surface area contributed by atoms with Gasteiger partial charge in [-0.25, -0.2) is 4.39 Å². The minimum Gasteiger partial charge on any atom is -0.368 e. The zero-order valence-corrected chi connectivity index (χ0v) is 13.1. The molecule has 0 fully saturated rings. The summed E-state index contributed by atoms with van der Waals surface area (Å²) in [4.78, 5) is 23.8. The first-order valence-corrected chi connectivity index (χ1v) is 7.28. The number of hydrogen-bond acceptors (Lipinski definition) is 2.